The molecular weight excluding hydrogens is 426 g/mol. The van der Waals surface area contributed by atoms with Crippen molar-refractivity contribution in [3.8, 4) is 0 Å². The summed E-state index contributed by atoms with van der Waals surface area (Å²) >= 11 is 11.7. The summed E-state index contributed by atoms with van der Waals surface area (Å²) in [5, 5.41) is 3.90. The number of nitrogens with zero attached hydrogens (tertiary/aromatic N) is 2. The van der Waals surface area contributed by atoms with E-state index in [9.17, 15) is 21.6 Å². The van der Waals surface area contributed by atoms with Gasteiger partial charge in [0.1, 0.15) is 4.90 Å². The number of hydrogen-bond acceptors (Lipinski definition) is 3. The number of hydrogen-bond donors (Lipinski definition) is 1. The minimum Gasteiger partial charge on any atom is -0.267 e. The smallest absolute Gasteiger partial charge is 0.267 e. The van der Waals surface area contributed by atoms with Crippen molar-refractivity contribution in [2.24, 2.45) is 0 Å². The third kappa shape index (κ3) is 4.42. The lowest BCUT2D eigenvalue weighted by Crippen LogP contribution is -2.28. The minimum atomic E-state index is -4.53. The molecule has 1 heterocycles. The molecule has 0 aliphatic heterocycles. The lowest BCUT2D eigenvalue weighted by Gasteiger charge is -2.15. The molecule has 0 atom stereocenters. The van der Waals surface area contributed by atoms with E-state index in [1.165, 1.54) is 22.9 Å². The van der Waals surface area contributed by atoms with Gasteiger partial charge in [0.2, 0.25) is 10.0 Å². The number of fused-ring (bicyclic) bond motifs is 1. The van der Waals surface area contributed by atoms with E-state index in [1.807, 2.05) is 0 Å². The molecule has 0 unspecified atom stereocenters. The van der Waals surface area contributed by atoms with E-state index in [0.29, 0.717) is 25.0 Å². The maximum absolute atomic E-state index is 13.2. The van der Waals surface area contributed by atoms with E-state index in [0.717, 1.165) is 6.42 Å². The molecule has 0 saturated heterocycles. The number of nitrogens with one attached hydrogen (secondary N) is 1. The Labute approximate surface area is 164 Å². The Kier molecular flexibility index (Phi) is 5.77. The summed E-state index contributed by atoms with van der Waals surface area (Å²) in [6, 6.07) is 4.03. The lowest BCUT2D eigenvalue weighted by atomic mass is 9.95. The highest BCUT2D eigenvalue weighted by Crippen LogP contribution is 2.35. The fraction of sp³-hybridized carbons (Fsp3) is 0.438. The Morgan fingerprint density at radius 1 is 1.19 bits per heavy atom. The number of sulfonamides is 1. The molecule has 11 heteroatoms. The van der Waals surface area contributed by atoms with E-state index in [-0.39, 0.29) is 33.6 Å². The van der Waals surface area contributed by atoms with E-state index >= 15 is 0 Å². The quantitative estimate of drug-likeness (QED) is 0.760. The van der Waals surface area contributed by atoms with Gasteiger partial charge in [-0.05, 0) is 43.9 Å². The second-order valence-corrected chi connectivity index (χ2v) is 8.75. The van der Waals surface area contributed by atoms with Crippen molar-refractivity contribution in [3.05, 3.63) is 45.2 Å². The van der Waals surface area contributed by atoms with Crippen LogP contribution in [-0.4, -0.2) is 24.7 Å². The highest BCUT2D eigenvalue weighted by Gasteiger charge is 2.39. The maximum Gasteiger partial charge on any atom is 0.435 e. The van der Waals surface area contributed by atoms with Gasteiger partial charge in [0.25, 0.3) is 0 Å². The Hall–Kier alpha value is -1.29. The molecule has 0 amide bonds. The Morgan fingerprint density at radius 2 is 1.89 bits per heavy atom. The van der Waals surface area contributed by atoms with Crippen molar-refractivity contribution in [1.82, 2.24) is 14.5 Å². The second-order valence-electron chi connectivity index (χ2n) is 6.17. The van der Waals surface area contributed by atoms with Crippen molar-refractivity contribution in [2.75, 3.05) is 6.54 Å². The lowest BCUT2D eigenvalue weighted by molar-refractivity contribution is -0.142. The molecule has 0 fully saturated rings. The van der Waals surface area contributed by atoms with Gasteiger partial charge in [-0.25, -0.2) is 13.1 Å². The zero-order chi connectivity index (χ0) is 19.8. The molecule has 5 nitrogen and oxygen atoms in total. The molecule has 27 heavy (non-hydrogen) atoms. The van der Waals surface area contributed by atoms with Crippen LogP contribution in [0.2, 0.25) is 10.0 Å². The van der Waals surface area contributed by atoms with Crippen LogP contribution in [0.1, 0.15) is 29.8 Å². The third-order valence-electron chi connectivity index (χ3n) is 4.32. The summed E-state index contributed by atoms with van der Waals surface area (Å²) in [5.74, 6) is 0. The van der Waals surface area contributed by atoms with Crippen LogP contribution in [0.4, 0.5) is 13.2 Å². The first-order valence-corrected chi connectivity index (χ1v) is 10.4. The molecule has 0 spiro atoms. The number of rotatable bonds is 5. The predicted octanol–water partition coefficient (Wildman–Crippen LogP) is 4.07. The van der Waals surface area contributed by atoms with Crippen LogP contribution in [0.25, 0.3) is 0 Å². The minimum absolute atomic E-state index is 0.00252. The van der Waals surface area contributed by atoms with E-state index in [1.54, 1.807) is 0 Å². The molecule has 1 aliphatic carbocycles. The molecular formula is C16H16Cl2F3N3O2S. The summed E-state index contributed by atoms with van der Waals surface area (Å²) < 4.78 is 67.9. The second kappa shape index (κ2) is 7.62. The van der Waals surface area contributed by atoms with Crippen LogP contribution in [-0.2, 0) is 35.6 Å². The van der Waals surface area contributed by atoms with Gasteiger partial charge in [-0.2, -0.15) is 18.3 Å². The number of benzene rings is 1. The van der Waals surface area contributed by atoms with Crippen LogP contribution in [0.5, 0.6) is 0 Å². The van der Waals surface area contributed by atoms with Crippen molar-refractivity contribution in [3.63, 3.8) is 0 Å². The fourth-order valence-corrected chi connectivity index (χ4v) is 4.91. The topological polar surface area (TPSA) is 64.0 Å². The van der Waals surface area contributed by atoms with Crippen molar-refractivity contribution in [2.45, 2.75) is 43.3 Å². The average molecular weight is 442 g/mol. The summed E-state index contributed by atoms with van der Waals surface area (Å²) in [4.78, 5) is -0.185. The van der Waals surface area contributed by atoms with Crippen LogP contribution in [0.15, 0.2) is 23.1 Å². The largest absolute Gasteiger partial charge is 0.435 e. The third-order valence-corrected chi connectivity index (χ3v) is 6.50. The number of alkyl halides is 3. The maximum atomic E-state index is 13.2. The van der Waals surface area contributed by atoms with Gasteiger partial charge in [-0.3, -0.25) is 4.68 Å². The fourth-order valence-electron chi connectivity index (χ4n) is 3.13. The molecule has 1 aliphatic rings. The summed E-state index contributed by atoms with van der Waals surface area (Å²) in [5.41, 5.74) is -0.138. The highest BCUT2D eigenvalue weighted by atomic mass is 35.5. The summed E-state index contributed by atoms with van der Waals surface area (Å²) in [6.07, 6.45) is -2.25. The first kappa shape index (κ1) is 20.4. The highest BCUT2D eigenvalue weighted by molar-refractivity contribution is 7.89. The zero-order valence-corrected chi connectivity index (χ0v) is 16.3. The van der Waals surface area contributed by atoms with Gasteiger partial charge >= 0.3 is 6.18 Å². The molecule has 1 N–H and O–H groups in total. The molecule has 1 aromatic carbocycles. The normalized spacial score (nSPS) is 15.0. The monoisotopic (exact) mass is 441 g/mol. The van der Waals surface area contributed by atoms with Gasteiger partial charge in [0.15, 0.2) is 5.69 Å². The van der Waals surface area contributed by atoms with Crippen LogP contribution < -0.4 is 4.72 Å². The first-order chi connectivity index (χ1) is 12.6. The predicted molar refractivity (Wildman–Crippen MR) is 95.5 cm³/mol. The molecule has 0 bridgehead atoms. The Morgan fingerprint density at radius 3 is 2.59 bits per heavy atom. The summed E-state index contributed by atoms with van der Waals surface area (Å²) in [6.45, 7) is -0.146. The van der Waals surface area contributed by atoms with E-state index < -0.39 is 21.9 Å². The SMILES string of the molecule is O=S(=O)(NCCn1nc(C(F)(F)F)c2c1CCCC2)c1cc(Cl)ccc1Cl. The van der Waals surface area contributed by atoms with Gasteiger partial charge in [0.05, 0.1) is 11.6 Å². The summed E-state index contributed by atoms with van der Waals surface area (Å²) in [7, 11) is -3.96. The number of halogens is 5. The average Bonchev–Trinajstić information content (AvgIpc) is 2.96. The van der Waals surface area contributed by atoms with E-state index in [2.05, 4.69) is 9.82 Å². The Bertz CT molecular complexity index is 959. The van der Waals surface area contributed by atoms with Gasteiger partial charge in [-0.15, -0.1) is 0 Å². The Balaban J connectivity index is 1.78. The van der Waals surface area contributed by atoms with Crippen LogP contribution >= 0.6 is 23.2 Å². The van der Waals surface area contributed by atoms with Gasteiger partial charge < -0.3 is 0 Å². The van der Waals surface area contributed by atoms with E-state index in [4.69, 9.17) is 23.2 Å². The van der Waals surface area contributed by atoms with Crippen molar-refractivity contribution < 1.29 is 21.6 Å². The molecule has 0 radical (unpaired) electrons. The molecule has 148 valence electrons. The standard InChI is InChI=1S/C16H16Cl2F3N3O2S/c17-10-5-6-12(18)14(9-10)27(25,26)22-7-8-24-13-4-2-1-3-11(13)15(23-24)16(19,20)21/h5-6,9,22H,1-4,7-8H2. The van der Waals surface area contributed by atoms with Gasteiger partial charge in [0, 0.05) is 22.8 Å². The van der Waals surface area contributed by atoms with Crippen LogP contribution in [0, 0.1) is 0 Å². The molecule has 1 aromatic heterocycles. The van der Waals surface area contributed by atoms with Crippen molar-refractivity contribution >= 4 is 33.2 Å². The molecule has 2 aromatic rings. The first-order valence-electron chi connectivity index (χ1n) is 8.20. The molecule has 0 saturated carbocycles. The van der Waals surface area contributed by atoms with Crippen LogP contribution in [0.3, 0.4) is 0 Å². The van der Waals surface area contributed by atoms with Gasteiger partial charge in [-0.1, -0.05) is 23.2 Å². The molecule has 3 rings (SSSR count). The number of aromatic nitrogens is 2. The van der Waals surface area contributed by atoms with Crippen molar-refractivity contribution in [1.29, 1.82) is 0 Å². The zero-order valence-electron chi connectivity index (χ0n) is 14.0.